The minimum Gasteiger partial charge on any atom is -0.381 e. The van der Waals surface area contributed by atoms with Crippen LogP contribution in [0.2, 0.25) is 0 Å². The molecule has 0 aromatic heterocycles. The van der Waals surface area contributed by atoms with Crippen molar-refractivity contribution < 1.29 is 22.7 Å². The van der Waals surface area contributed by atoms with Crippen molar-refractivity contribution in [3.05, 3.63) is 0 Å². The third-order valence-corrected chi connectivity index (χ3v) is 2.98. The minimum absolute atomic E-state index is 0.125. The lowest BCUT2D eigenvalue weighted by molar-refractivity contribution is -0.170. The van der Waals surface area contributed by atoms with Gasteiger partial charge in [0.2, 0.25) is 5.91 Å². The van der Waals surface area contributed by atoms with Crippen LogP contribution in [0, 0.1) is 5.41 Å². The number of rotatable bonds is 3. The van der Waals surface area contributed by atoms with Gasteiger partial charge in [0.25, 0.3) is 0 Å². The Balaban J connectivity index is 2.76. The zero-order valence-corrected chi connectivity index (χ0v) is 11.7. The molecule has 0 N–H and O–H groups in total. The van der Waals surface area contributed by atoms with Crippen LogP contribution in [-0.4, -0.2) is 42.8 Å². The number of hydrogen-bond acceptors (Lipinski definition) is 2. The van der Waals surface area contributed by atoms with Crippen LogP contribution in [0.25, 0.3) is 0 Å². The highest BCUT2D eigenvalue weighted by Crippen LogP contribution is 2.26. The van der Waals surface area contributed by atoms with Crippen LogP contribution in [0.5, 0.6) is 0 Å². The van der Waals surface area contributed by atoms with Crippen molar-refractivity contribution in [2.45, 2.75) is 52.3 Å². The largest absolute Gasteiger partial charge is 0.406 e. The number of carbonyl (C=O) groups is 1. The van der Waals surface area contributed by atoms with Gasteiger partial charge < -0.3 is 9.64 Å². The molecule has 6 heteroatoms. The van der Waals surface area contributed by atoms with Gasteiger partial charge in [-0.3, -0.25) is 4.79 Å². The molecule has 1 aliphatic heterocycles. The van der Waals surface area contributed by atoms with Crippen molar-refractivity contribution in [3.8, 4) is 0 Å². The molecule has 0 aromatic rings. The molecule has 0 radical (unpaired) electrons. The van der Waals surface area contributed by atoms with Crippen LogP contribution in [0.3, 0.4) is 0 Å². The molecular weight excluding hydrogens is 259 g/mol. The van der Waals surface area contributed by atoms with Crippen molar-refractivity contribution in [1.29, 1.82) is 0 Å². The second-order valence-electron chi connectivity index (χ2n) is 6.22. The zero-order chi connectivity index (χ0) is 14.7. The summed E-state index contributed by atoms with van der Waals surface area (Å²) in [5.74, 6) is -0.420. The van der Waals surface area contributed by atoms with Crippen LogP contribution in [-0.2, 0) is 9.53 Å². The molecule has 0 bridgehead atoms. The molecule has 1 fully saturated rings. The maximum absolute atomic E-state index is 12.6. The van der Waals surface area contributed by atoms with Crippen molar-refractivity contribution in [2.24, 2.45) is 5.41 Å². The molecule has 0 aliphatic carbocycles. The second-order valence-corrected chi connectivity index (χ2v) is 6.22. The summed E-state index contributed by atoms with van der Waals surface area (Å²) in [5, 5.41) is 0. The lowest BCUT2D eigenvalue weighted by Gasteiger charge is -2.36. The predicted octanol–water partition coefficient (Wildman–Crippen LogP) is 2.99. The van der Waals surface area contributed by atoms with E-state index in [0.29, 0.717) is 26.1 Å². The Morgan fingerprint density at radius 1 is 1.21 bits per heavy atom. The fraction of sp³-hybridized carbons (Fsp3) is 0.923. The van der Waals surface area contributed by atoms with E-state index in [1.807, 2.05) is 20.8 Å². The molecule has 1 amide bonds. The quantitative estimate of drug-likeness (QED) is 0.796. The van der Waals surface area contributed by atoms with Crippen molar-refractivity contribution in [1.82, 2.24) is 4.90 Å². The van der Waals surface area contributed by atoms with E-state index >= 15 is 0 Å². The van der Waals surface area contributed by atoms with Gasteiger partial charge in [0.05, 0.1) is 0 Å². The first-order valence-electron chi connectivity index (χ1n) is 6.52. The van der Waals surface area contributed by atoms with Crippen molar-refractivity contribution in [2.75, 3.05) is 19.8 Å². The van der Waals surface area contributed by atoms with E-state index < -0.39 is 18.6 Å². The highest BCUT2D eigenvalue weighted by molar-refractivity contribution is 5.77. The van der Waals surface area contributed by atoms with E-state index in [9.17, 15) is 18.0 Å². The van der Waals surface area contributed by atoms with Gasteiger partial charge in [0.1, 0.15) is 6.54 Å². The number of ether oxygens (including phenoxy) is 1. The Kier molecular flexibility index (Phi) is 5.24. The monoisotopic (exact) mass is 281 g/mol. The van der Waals surface area contributed by atoms with E-state index in [4.69, 9.17) is 4.74 Å². The molecule has 0 saturated carbocycles. The van der Waals surface area contributed by atoms with Gasteiger partial charge in [-0.25, -0.2) is 0 Å². The van der Waals surface area contributed by atoms with E-state index in [2.05, 4.69) is 0 Å². The molecule has 1 rings (SSSR count). The first-order valence-corrected chi connectivity index (χ1v) is 6.52. The van der Waals surface area contributed by atoms with Gasteiger partial charge >= 0.3 is 6.18 Å². The second kappa shape index (κ2) is 6.11. The van der Waals surface area contributed by atoms with Crippen LogP contribution in [0.15, 0.2) is 0 Å². The predicted molar refractivity (Wildman–Crippen MR) is 65.7 cm³/mol. The molecule has 0 aromatic carbocycles. The Morgan fingerprint density at radius 3 is 2.16 bits per heavy atom. The fourth-order valence-corrected chi connectivity index (χ4v) is 2.17. The Labute approximate surface area is 112 Å². The van der Waals surface area contributed by atoms with Crippen LogP contribution >= 0.6 is 0 Å². The zero-order valence-electron chi connectivity index (χ0n) is 11.7. The summed E-state index contributed by atoms with van der Waals surface area (Å²) in [7, 11) is 0. The number of carbonyl (C=O) groups excluding carboxylic acids is 1. The van der Waals surface area contributed by atoms with E-state index in [-0.39, 0.29) is 17.9 Å². The molecule has 19 heavy (non-hydrogen) atoms. The summed E-state index contributed by atoms with van der Waals surface area (Å²) in [6, 6.07) is -0.356. The third kappa shape index (κ3) is 6.27. The maximum Gasteiger partial charge on any atom is 0.406 e. The summed E-state index contributed by atoms with van der Waals surface area (Å²) >= 11 is 0. The number of alkyl halides is 3. The molecule has 0 unspecified atom stereocenters. The smallest absolute Gasteiger partial charge is 0.381 e. The Bertz CT molecular complexity index is 304. The molecule has 3 nitrogen and oxygen atoms in total. The average molecular weight is 281 g/mol. The van der Waals surface area contributed by atoms with Crippen molar-refractivity contribution in [3.63, 3.8) is 0 Å². The molecule has 1 aliphatic rings. The summed E-state index contributed by atoms with van der Waals surface area (Å²) in [5.41, 5.74) is -0.313. The van der Waals surface area contributed by atoms with Gasteiger partial charge in [0, 0.05) is 25.7 Å². The highest BCUT2D eigenvalue weighted by Gasteiger charge is 2.37. The Hall–Kier alpha value is -0.780. The fourth-order valence-electron chi connectivity index (χ4n) is 2.17. The van der Waals surface area contributed by atoms with Crippen molar-refractivity contribution >= 4 is 5.91 Å². The van der Waals surface area contributed by atoms with Crippen LogP contribution in [0.4, 0.5) is 13.2 Å². The van der Waals surface area contributed by atoms with Gasteiger partial charge in [0.15, 0.2) is 0 Å². The molecule has 1 heterocycles. The van der Waals surface area contributed by atoms with Gasteiger partial charge in [-0.2, -0.15) is 13.2 Å². The van der Waals surface area contributed by atoms with Crippen LogP contribution < -0.4 is 0 Å². The SMILES string of the molecule is CC(C)(C)CC(=O)N(CC(F)(F)F)C1CCOCC1. The topological polar surface area (TPSA) is 29.5 Å². The normalized spacial score (nSPS) is 18.4. The average Bonchev–Trinajstić information content (AvgIpc) is 2.23. The summed E-state index contributed by atoms with van der Waals surface area (Å²) in [6.45, 7) is 5.22. The first kappa shape index (κ1) is 16.3. The lowest BCUT2D eigenvalue weighted by Crippen LogP contribution is -2.48. The van der Waals surface area contributed by atoms with E-state index in [1.54, 1.807) is 0 Å². The summed E-state index contributed by atoms with van der Waals surface area (Å²) in [4.78, 5) is 13.1. The standard InChI is InChI=1S/C13H22F3NO2/c1-12(2,3)8-11(18)17(9-13(14,15)16)10-4-6-19-7-5-10/h10H,4-9H2,1-3H3. The van der Waals surface area contributed by atoms with Crippen LogP contribution in [0.1, 0.15) is 40.0 Å². The number of nitrogens with zero attached hydrogens (tertiary/aromatic N) is 1. The van der Waals surface area contributed by atoms with E-state index in [0.717, 1.165) is 4.90 Å². The number of hydrogen-bond donors (Lipinski definition) is 0. The molecule has 112 valence electrons. The molecule has 1 saturated heterocycles. The van der Waals surface area contributed by atoms with E-state index in [1.165, 1.54) is 0 Å². The third-order valence-electron chi connectivity index (χ3n) is 2.98. The van der Waals surface area contributed by atoms with Gasteiger partial charge in [-0.05, 0) is 18.3 Å². The Morgan fingerprint density at radius 2 is 1.74 bits per heavy atom. The minimum atomic E-state index is -4.36. The summed E-state index contributed by atoms with van der Waals surface area (Å²) < 4.78 is 43.0. The highest BCUT2D eigenvalue weighted by atomic mass is 19.4. The first-order chi connectivity index (χ1) is 8.58. The van der Waals surface area contributed by atoms with Gasteiger partial charge in [-0.15, -0.1) is 0 Å². The lowest BCUT2D eigenvalue weighted by atomic mass is 9.91. The number of amides is 1. The molecule has 0 spiro atoms. The molecule has 0 atom stereocenters. The maximum atomic E-state index is 12.6. The summed E-state index contributed by atoms with van der Waals surface area (Å²) in [6.07, 6.45) is -3.27. The number of halogens is 3. The van der Waals surface area contributed by atoms with Gasteiger partial charge in [-0.1, -0.05) is 20.8 Å². The molecular formula is C13H22F3NO2.